The lowest BCUT2D eigenvalue weighted by Crippen LogP contribution is -1.92. The smallest absolute Gasteiger partial charge is 0.261 e. The lowest BCUT2D eigenvalue weighted by atomic mass is 10.3. The minimum absolute atomic E-state index is 0.143. The third-order valence-electron chi connectivity index (χ3n) is 1.93. The van der Waals surface area contributed by atoms with E-state index in [1.807, 2.05) is 0 Å². The first-order chi connectivity index (χ1) is 7.56. The van der Waals surface area contributed by atoms with Gasteiger partial charge in [-0.3, -0.25) is 4.68 Å². The van der Waals surface area contributed by atoms with Crippen LogP contribution in [-0.2, 0) is 7.05 Å². The number of aryl methyl sites for hydroxylation is 1. The third-order valence-corrected chi connectivity index (χ3v) is 1.93. The number of hydrogen-bond acceptors (Lipinski definition) is 3. The van der Waals surface area contributed by atoms with E-state index in [-0.39, 0.29) is 11.6 Å². The van der Waals surface area contributed by atoms with Gasteiger partial charge >= 0.3 is 0 Å². The van der Waals surface area contributed by atoms with Gasteiger partial charge in [0.25, 0.3) is 5.88 Å². The molecule has 16 heavy (non-hydrogen) atoms. The fourth-order valence-corrected chi connectivity index (χ4v) is 1.22. The Balaban J connectivity index is 2.27. The Hall–Kier alpha value is -2.11. The Labute approximate surface area is 90.2 Å². The number of nitrogens with zero attached hydrogens (tertiary/aromatic N) is 2. The van der Waals surface area contributed by atoms with Crippen molar-refractivity contribution in [2.45, 2.75) is 0 Å². The summed E-state index contributed by atoms with van der Waals surface area (Å²) in [5.74, 6) is -1.61. The van der Waals surface area contributed by atoms with E-state index in [4.69, 9.17) is 10.5 Å². The molecule has 0 radical (unpaired) electrons. The van der Waals surface area contributed by atoms with Crippen LogP contribution < -0.4 is 10.5 Å². The Morgan fingerprint density at radius 1 is 1.31 bits per heavy atom. The summed E-state index contributed by atoms with van der Waals surface area (Å²) < 4.78 is 32.2. The van der Waals surface area contributed by atoms with E-state index < -0.39 is 11.6 Å². The zero-order chi connectivity index (χ0) is 11.7. The molecule has 4 nitrogen and oxygen atoms in total. The molecule has 0 fully saturated rings. The van der Waals surface area contributed by atoms with Crippen molar-refractivity contribution in [2.75, 3.05) is 5.73 Å². The Morgan fingerprint density at radius 3 is 2.62 bits per heavy atom. The average Bonchev–Trinajstić information content (AvgIpc) is 2.51. The van der Waals surface area contributed by atoms with Gasteiger partial charge in [0.05, 0.1) is 6.20 Å². The van der Waals surface area contributed by atoms with E-state index in [1.165, 1.54) is 10.7 Å². The molecule has 2 aromatic rings. The summed E-state index contributed by atoms with van der Waals surface area (Å²) >= 11 is 0. The highest BCUT2D eigenvalue weighted by Gasteiger charge is 2.09. The number of hydrogen-bond donors (Lipinski definition) is 1. The van der Waals surface area contributed by atoms with Gasteiger partial charge in [0.2, 0.25) is 0 Å². The molecule has 1 aromatic heterocycles. The number of ether oxygens (including phenoxy) is 1. The second kappa shape index (κ2) is 3.80. The molecule has 0 atom stereocenters. The quantitative estimate of drug-likeness (QED) is 0.851. The van der Waals surface area contributed by atoms with Crippen molar-refractivity contribution in [3.63, 3.8) is 0 Å². The normalized spacial score (nSPS) is 10.4. The van der Waals surface area contributed by atoms with Crippen molar-refractivity contribution < 1.29 is 13.5 Å². The van der Waals surface area contributed by atoms with Crippen LogP contribution in [0.1, 0.15) is 0 Å². The van der Waals surface area contributed by atoms with E-state index >= 15 is 0 Å². The molecule has 0 saturated heterocycles. The van der Waals surface area contributed by atoms with Crippen molar-refractivity contribution in [2.24, 2.45) is 7.05 Å². The summed E-state index contributed by atoms with van der Waals surface area (Å²) in [7, 11) is 1.68. The van der Waals surface area contributed by atoms with E-state index in [0.29, 0.717) is 5.69 Å². The number of aromatic nitrogens is 2. The molecule has 0 saturated carbocycles. The fourth-order valence-electron chi connectivity index (χ4n) is 1.22. The van der Waals surface area contributed by atoms with Crippen LogP contribution >= 0.6 is 0 Å². The van der Waals surface area contributed by atoms with E-state index in [2.05, 4.69) is 5.10 Å². The minimum Gasteiger partial charge on any atom is -0.436 e. The first-order valence-corrected chi connectivity index (χ1v) is 4.48. The van der Waals surface area contributed by atoms with Gasteiger partial charge in [-0.25, -0.2) is 8.78 Å². The first-order valence-electron chi connectivity index (χ1n) is 4.48. The molecule has 0 spiro atoms. The summed E-state index contributed by atoms with van der Waals surface area (Å²) in [6.07, 6.45) is 1.55. The highest BCUT2D eigenvalue weighted by atomic mass is 19.2. The van der Waals surface area contributed by atoms with E-state index in [1.54, 1.807) is 13.2 Å². The molecule has 0 aliphatic rings. The molecule has 1 heterocycles. The van der Waals surface area contributed by atoms with Crippen LogP contribution in [-0.4, -0.2) is 9.78 Å². The van der Waals surface area contributed by atoms with Gasteiger partial charge in [0.15, 0.2) is 11.6 Å². The maximum absolute atomic E-state index is 12.9. The topological polar surface area (TPSA) is 53.1 Å². The van der Waals surface area contributed by atoms with Gasteiger partial charge in [-0.2, -0.15) is 0 Å². The van der Waals surface area contributed by atoms with Crippen molar-refractivity contribution >= 4 is 5.69 Å². The van der Waals surface area contributed by atoms with Gasteiger partial charge < -0.3 is 10.5 Å². The van der Waals surface area contributed by atoms with Crippen LogP contribution in [0.15, 0.2) is 24.4 Å². The maximum atomic E-state index is 12.9. The highest BCUT2D eigenvalue weighted by molar-refractivity contribution is 5.47. The van der Waals surface area contributed by atoms with Gasteiger partial charge in [-0.15, -0.1) is 5.10 Å². The van der Waals surface area contributed by atoms with Crippen molar-refractivity contribution in [3.8, 4) is 11.6 Å². The van der Waals surface area contributed by atoms with Crippen LogP contribution in [0.2, 0.25) is 0 Å². The highest BCUT2D eigenvalue weighted by Crippen LogP contribution is 2.26. The SMILES string of the molecule is Cn1cc(N)c(Oc2ccc(F)c(F)c2)n1. The van der Waals surface area contributed by atoms with Crippen LogP contribution in [0.3, 0.4) is 0 Å². The Bertz CT molecular complexity index is 525. The minimum atomic E-state index is -0.980. The molecule has 2 N–H and O–H groups in total. The predicted molar refractivity (Wildman–Crippen MR) is 54.1 cm³/mol. The molecule has 1 aromatic carbocycles. The monoisotopic (exact) mass is 225 g/mol. The number of nitrogen functional groups attached to an aromatic ring is 1. The van der Waals surface area contributed by atoms with E-state index in [0.717, 1.165) is 12.1 Å². The maximum Gasteiger partial charge on any atom is 0.261 e. The van der Waals surface area contributed by atoms with Crippen LogP contribution in [0.5, 0.6) is 11.6 Å². The number of halogens is 2. The predicted octanol–water partition coefficient (Wildman–Crippen LogP) is 2.07. The van der Waals surface area contributed by atoms with Gasteiger partial charge in [-0.1, -0.05) is 0 Å². The largest absolute Gasteiger partial charge is 0.436 e. The molecule has 0 bridgehead atoms. The average molecular weight is 225 g/mol. The van der Waals surface area contributed by atoms with E-state index in [9.17, 15) is 8.78 Å². The van der Waals surface area contributed by atoms with Crippen LogP contribution in [0.25, 0.3) is 0 Å². The lowest BCUT2D eigenvalue weighted by Gasteiger charge is -2.03. The zero-order valence-electron chi connectivity index (χ0n) is 8.45. The van der Waals surface area contributed by atoms with Crippen molar-refractivity contribution in [1.29, 1.82) is 0 Å². The first kappa shape index (κ1) is 10.4. The molecular formula is C10H9F2N3O. The zero-order valence-corrected chi connectivity index (χ0v) is 8.45. The van der Waals surface area contributed by atoms with Gasteiger partial charge in [0.1, 0.15) is 11.4 Å². The van der Waals surface area contributed by atoms with Crippen molar-refractivity contribution in [1.82, 2.24) is 9.78 Å². The summed E-state index contributed by atoms with van der Waals surface area (Å²) in [6.45, 7) is 0. The standard InChI is InChI=1S/C10H9F2N3O/c1-15-5-9(13)10(14-15)16-6-2-3-7(11)8(12)4-6/h2-5H,13H2,1H3. The number of benzene rings is 1. The third kappa shape index (κ3) is 1.95. The second-order valence-corrected chi connectivity index (χ2v) is 3.24. The summed E-state index contributed by atoms with van der Waals surface area (Å²) in [5.41, 5.74) is 5.91. The lowest BCUT2D eigenvalue weighted by molar-refractivity contribution is 0.442. The second-order valence-electron chi connectivity index (χ2n) is 3.24. The number of rotatable bonds is 2. The Kier molecular flexibility index (Phi) is 2.47. The number of anilines is 1. The molecule has 2 rings (SSSR count). The summed E-state index contributed by atoms with van der Waals surface area (Å²) in [5, 5.41) is 3.91. The van der Waals surface area contributed by atoms with Gasteiger partial charge in [-0.05, 0) is 12.1 Å². The summed E-state index contributed by atoms with van der Waals surface area (Å²) in [4.78, 5) is 0. The molecule has 0 amide bonds. The van der Waals surface area contributed by atoms with Gasteiger partial charge in [0, 0.05) is 13.1 Å². The van der Waals surface area contributed by atoms with Crippen molar-refractivity contribution in [3.05, 3.63) is 36.0 Å². The molecule has 6 heteroatoms. The Morgan fingerprint density at radius 2 is 2.06 bits per heavy atom. The molecule has 84 valence electrons. The summed E-state index contributed by atoms with van der Waals surface area (Å²) in [6, 6.07) is 3.21. The number of nitrogens with two attached hydrogens (primary N) is 1. The molecular weight excluding hydrogens is 216 g/mol. The molecule has 0 unspecified atom stereocenters. The van der Waals surface area contributed by atoms with Crippen LogP contribution in [0, 0.1) is 11.6 Å². The molecule has 0 aliphatic heterocycles. The molecule has 0 aliphatic carbocycles. The van der Waals surface area contributed by atoms with Crippen LogP contribution in [0.4, 0.5) is 14.5 Å². The fraction of sp³-hybridized carbons (Fsp3) is 0.100.